The van der Waals surface area contributed by atoms with Gasteiger partial charge in [-0.15, -0.1) is 10.2 Å². The number of likely N-dealkylation sites (tertiary alicyclic amines) is 1. The Hall–Kier alpha value is -1.73. The quantitative estimate of drug-likeness (QED) is 0.649. The normalized spacial score (nSPS) is 17.1. The van der Waals surface area contributed by atoms with E-state index in [1.54, 1.807) is 6.07 Å². The van der Waals surface area contributed by atoms with Crippen molar-refractivity contribution in [1.29, 1.82) is 0 Å². The van der Waals surface area contributed by atoms with E-state index in [-0.39, 0.29) is 12.5 Å². The molecule has 1 aromatic carbocycles. The van der Waals surface area contributed by atoms with Gasteiger partial charge in [-0.1, -0.05) is 42.4 Å². The van der Waals surface area contributed by atoms with E-state index in [9.17, 15) is 4.79 Å². The van der Waals surface area contributed by atoms with Gasteiger partial charge in [0.1, 0.15) is 12.4 Å². The van der Waals surface area contributed by atoms with Crippen molar-refractivity contribution in [2.24, 2.45) is 7.05 Å². The highest BCUT2D eigenvalue weighted by Crippen LogP contribution is 2.25. The zero-order valence-electron chi connectivity index (χ0n) is 15.7. The summed E-state index contributed by atoms with van der Waals surface area (Å²) in [6.07, 6.45) is 4.44. The van der Waals surface area contributed by atoms with Gasteiger partial charge in [0.15, 0.2) is 11.0 Å². The Kier molecular flexibility index (Phi) is 7.01. The van der Waals surface area contributed by atoms with E-state index in [1.807, 2.05) is 34.7 Å². The lowest BCUT2D eigenvalue weighted by atomic mass is 10.0. The van der Waals surface area contributed by atoms with Crippen molar-refractivity contribution >= 4 is 29.3 Å². The largest absolute Gasteiger partial charge is 0.484 e. The maximum Gasteiger partial charge on any atom is 0.233 e. The molecule has 2 heterocycles. The second-order valence-corrected chi connectivity index (χ2v) is 7.96. The molecule has 1 aliphatic rings. The fourth-order valence-corrected chi connectivity index (χ4v) is 4.27. The number of hydrogen-bond acceptors (Lipinski definition) is 5. The van der Waals surface area contributed by atoms with Gasteiger partial charge in [0.2, 0.25) is 5.91 Å². The van der Waals surface area contributed by atoms with Crippen molar-refractivity contribution in [2.45, 2.75) is 50.4 Å². The van der Waals surface area contributed by atoms with Crippen LogP contribution in [0, 0.1) is 0 Å². The van der Waals surface area contributed by atoms with Crippen LogP contribution in [0.25, 0.3) is 0 Å². The second kappa shape index (κ2) is 9.46. The fourth-order valence-electron chi connectivity index (χ4n) is 3.26. The zero-order chi connectivity index (χ0) is 19.2. The van der Waals surface area contributed by atoms with Gasteiger partial charge in [-0.25, -0.2) is 0 Å². The van der Waals surface area contributed by atoms with Crippen molar-refractivity contribution < 1.29 is 9.53 Å². The number of thioether (sulfide) groups is 1. The van der Waals surface area contributed by atoms with Crippen LogP contribution in [0.3, 0.4) is 0 Å². The standard InChI is InChI=1S/C19H25ClN4O2S/c1-3-14-8-6-7-11-24(14)18(25)13-27-19-22-21-17(23(19)2)12-26-16-10-5-4-9-15(16)20/h4-5,9-10,14H,3,6-8,11-13H2,1-2H3. The molecule has 0 aliphatic carbocycles. The summed E-state index contributed by atoms with van der Waals surface area (Å²) in [4.78, 5) is 14.7. The number of carbonyl (C=O) groups is 1. The van der Waals surface area contributed by atoms with Crippen LogP contribution in [0.1, 0.15) is 38.4 Å². The molecule has 0 radical (unpaired) electrons. The number of piperidine rings is 1. The van der Waals surface area contributed by atoms with Crippen LogP contribution in [0.15, 0.2) is 29.4 Å². The van der Waals surface area contributed by atoms with Gasteiger partial charge in [-0.3, -0.25) is 4.79 Å². The number of halogens is 1. The number of aromatic nitrogens is 3. The van der Waals surface area contributed by atoms with E-state index in [1.165, 1.54) is 18.2 Å². The van der Waals surface area contributed by atoms with Crippen molar-refractivity contribution in [3.05, 3.63) is 35.1 Å². The highest BCUT2D eigenvalue weighted by molar-refractivity contribution is 7.99. The Balaban J connectivity index is 1.55. The molecule has 1 amide bonds. The lowest BCUT2D eigenvalue weighted by molar-refractivity contribution is -0.132. The van der Waals surface area contributed by atoms with Gasteiger partial charge in [0.05, 0.1) is 10.8 Å². The molecule has 1 fully saturated rings. The summed E-state index contributed by atoms with van der Waals surface area (Å²) in [7, 11) is 1.88. The lowest BCUT2D eigenvalue weighted by Crippen LogP contribution is -2.44. The van der Waals surface area contributed by atoms with Gasteiger partial charge >= 0.3 is 0 Å². The topological polar surface area (TPSA) is 60.3 Å². The molecule has 1 aromatic heterocycles. The first-order valence-electron chi connectivity index (χ1n) is 9.28. The van der Waals surface area contributed by atoms with Gasteiger partial charge in [-0.2, -0.15) is 0 Å². The summed E-state index contributed by atoms with van der Waals surface area (Å²) in [5.74, 6) is 1.87. The van der Waals surface area contributed by atoms with Gasteiger partial charge in [0.25, 0.3) is 0 Å². The van der Waals surface area contributed by atoms with Gasteiger partial charge in [0, 0.05) is 19.6 Å². The summed E-state index contributed by atoms with van der Waals surface area (Å²) in [5.41, 5.74) is 0. The van der Waals surface area contributed by atoms with Crippen molar-refractivity contribution in [3.8, 4) is 5.75 Å². The van der Waals surface area contributed by atoms with Crippen LogP contribution in [0.5, 0.6) is 5.75 Å². The molecule has 0 saturated carbocycles. The number of amides is 1. The SMILES string of the molecule is CCC1CCCCN1C(=O)CSc1nnc(COc2ccccc2Cl)n1C. The monoisotopic (exact) mass is 408 g/mol. The molecule has 2 aromatic rings. The lowest BCUT2D eigenvalue weighted by Gasteiger charge is -2.35. The minimum atomic E-state index is 0.184. The average Bonchev–Trinajstić information content (AvgIpc) is 3.05. The number of benzene rings is 1. The van der Waals surface area contributed by atoms with Crippen molar-refractivity contribution in [3.63, 3.8) is 0 Å². The molecule has 1 aliphatic heterocycles. The first-order valence-corrected chi connectivity index (χ1v) is 10.6. The highest BCUT2D eigenvalue weighted by atomic mass is 35.5. The van der Waals surface area contributed by atoms with E-state index in [4.69, 9.17) is 16.3 Å². The van der Waals surface area contributed by atoms with E-state index in [0.29, 0.717) is 33.5 Å². The van der Waals surface area contributed by atoms with Crippen molar-refractivity contribution in [2.75, 3.05) is 12.3 Å². The van der Waals surface area contributed by atoms with Crippen LogP contribution in [0.4, 0.5) is 0 Å². The van der Waals surface area contributed by atoms with E-state index in [0.717, 1.165) is 25.8 Å². The smallest absolute Gasteiger partial charge is 0.233 e. The summed E-state index contributed by atoms with van der Waals surface area (Å²) in [6, 6.07) is 7.70. The van der Waals surface area contributed by atoms with Crippen LogP contribution in [-0.2, 0) is 18.4 Å². The zero-order valence-corrected chi connectivity index (χ0v) is 17.3. The molecule has 0 spiro atoms. The maximum atomic E-state index is 12.6. The average molecular weight is 409 g/mol. The number of ether oxygens (including phenoxy) is 1. The first-order chi connectivity index (χ1) is 13.1. The molecule has 1 unspecified atom stereocenters. The van der Waals surface area contributed by atoms with Crippen LogP contribution < -0.4 is 4.74 Å². The number of hydrogen-bond donors (Lipinski definition) is 0. The number of para-hydroxylation sites is 1. The third kappa shape index (κ3) is 4.96. The molecule has 8 heteroatoms. The maximum absolute atomic E-state index is 12.6. The van der Waals surface area contributed by atoms with E-state index in [2.05, 4.69) is 17.1 Å². The highest BCUT2D eigenvalue weighted by Gasteiger charge is 2.25. The Morgan fingerprint density at radius 1 is 1.33 bits per heavy atom. The molecular weight excluding hydrogens is 384 g/mol. The summed E-state index contributed by atoms with van der Waals surface area (Å²) >= 11 is 7.53. The minimum absolute atomic E-state index is 0.184. The fraction of sp³-hybridized carbons (Fsp3) is 0.526. The Morgan fingerprint density at radius 2 is 2.15 bits per heavy atom. The summed E-state index contributed by atoms with van der Waals surface area (Å²) < 4.78 is 7.59. The minimum Gasteiger partial charge on any atom is -0.484 e. The number of rotatable bonds is 7. The van der Waals surface area contributed by atoms with Crippen LogP contribution in [-0.4, -0.2) is 43.9 Å². The molecule has 6 nitrogen and oxygen atoms in total. The van der Waals surface area contributed by atoms with E-state index < -0.39 is 0 Å². The molecule has 0 bridgehead atoms. The van der Waals surface area contributed by atoms with Crippen LogP contribution in [0.2, 0.25) is 5.02 Å². The van der Waals surface area contributed by atoms with Gasteiger partial charge in [-0.05, 0) is 37.8 Å². The first kappa shape index (κ1) is 20.0. The summed E-state index contributed by atoms with van der Waals surface area (Å²) in [6.45, 7) is 3.29. The predicted molar refractivity (Wildman–Crippen MR) is 107 cm³/mol. The molecule has 3 rings (SSSR count). The third-order valence-electron chi connectivity index (χ3n) is 4.86. The number of nitrogens with zero attached hydrogens (tertiary/aromatic N) is 4. The Morgan fingerprint density at radius 3 is 2.93 bits per heavy atom. The van der Waals surface area contributed by atoms with Crippen LogP contribution >= 0.6 is 23.4 Å². The molecule has 0 N–H and O–H groups in total. The molecule has 1 saturated heterocycles. The Labute approximate surface area is 169 Å². The number of carbonyl (C=O) groups excluding carboxylic acids is 1. The molecule has 27 heavy (non-hydrogen) atoms. The molecule has 1 atom stereocenters. The third-order valence-corrected chi connectivity index (χ3v) is 6.18. The van der Waals surface area contributed by atoms with Gasteiger partial charge < -0.3 is 14.2 Å². The van der Waals surface area contributed by atoms with E-state index >= 15 is 0 Å². The summed E-state index contributed by atoms with van der Waals surface area (Å²) in [5, 5.41) is 9.66. The Bertz CT molecular complexity index is 783. The molecular formula is C19H25ClN4O2S. The van der Waals surface area contributed by atoms with Crippen molar-refractivity contribution in [1.82, 2.24) is 19.7 Å². The molecule has 146 valence electrons. The predicted octanol–water partition coefficient (Wildman–Crippen LogP) is 3.93. The second-order valence-electron chi connectivity index (χ2n) is 6.61.